The second kappa shape index (κ2) is 7.24. The minimum absolute atomic E-state index is 0.0319. The van der Waals surface area contributed by atoms with Gasteiger partial charge in [-0.2, -0.15) is 5.10 Å². The molecule has 0 aliphatic carbocycles. The van der Waals surface area contributed by atoms with Crippen LogP contribution in [0.3, 0.4) is 0 Å². The third-order valence-corrected chi connectivity index (χ3v) is 3.81. The highest BCUT2D eigenvalue weighted by Gasteiger charge is 2.23. The van der Waals surface area contributed by atoms with Crippen LogP contribution in [0.1, 0.15) is 38.2 Å². The highest BCUT2D eigenvalue weighted by Crippen LogP contribution is 2.10. The summed E-state index contributed by atoms with van der Waals surface area (Å²) in [4.78, 5) is 26.0. The van der Waals surface area contributed by atoms with Crippen LogP contribution in [-0.4, -0.2) is 45.6 Å². The van der Waals surface area contributed by atoms with E-state index in [-0.39, 0.29) is 11.8 Å². The second-order valence-corrected chi connectivity index (χ2v) is 5.70. The van der Waals surface area contributed by atoms with Gasteiger partial charge < -0.3 is 10.2 Å². The Kier molecular flexibility index (Phi) is 5.36. The predicted molar refractivity (Wildman–Crippen MR) is 79.6 cm³/mol. The molecule has 1 saturated heterocycles. The van der Waals surface area contributed by atoms with Gasteiger partial charge in [-0.1, -0.05) is 0 Å². The van der Waals surface area contributed by atoms with E-state index in [0.29, 0.717) is 12.8 Å². The summed E-state index contributed by atoms with van der Waals surface area (Å²) in [7, 11) is 1.85. The first kappa shape index (κ1) is 15.5. The molecule has 1 atom stereocenters. The second-order valence-electron chi connectivity index (χ2n) is 5.70. The largest absolute Gasteiger partial charge is 0.345 e. The lowest BCUT2D eigenvalue weighted by Crippen LogP contribution is -2.48. The average Bonchev–Trinajstić information content (AvgIpc) is 2.91. The molecule has 116 valence electrons. The van der Waals surface area contributed by atoms with Crippen LogP contribution in [0, 0.1) is 0 Å². The maximum atomic E-state index is 12.2. The smallest absolute Gasteiger partial charge is 0.244 e. The molecule has 1 aliphatic rings. The molecule has 2 amide bonds. The Balaban J connectivity index is 1.74. The fourth-order valence-electron chi connectivity index (χ4n) is 2.62. The zero-order valence-corrected chi connectivity index (χ0v) is 12.8. The molecule has 2 rings (SSSR count). The van der Waals surface area contributed by atoms with Crippen LogP contribution in [0.25, 0.3) is 0 Å². The van der Waals surface area contributed by atoms with Crippen molar-refractivity contribution < 1.29 is 9.59 Å². The summed E-state index contributed by atoms with van der Waals surface area (Å²) in [5, 5.41) is 6.87. The minimum atomic E-state index is -0.440. The maximum Gasteiger partial charge on any atom is 0.244 e. The van der Waals surface area contributed by atoms with E-state index in [9.17, 15) is 9.59 Å². The molecule has 0 spiro atoms. The normalized spacial score (nSPS) is 16.6. The molecule has 0 aromatic carbocycles. The van der Waals surface area contributed by atoms with Crippen molar-refractivity contribution >= 4 is 11.8 Å². The molecule has 1 N–H and O–H groups in total. The van der Waals surface area contributed by atoms with Gasteiger partial charge in [-0.3, -0.25) is 14.3 Å². The lowest BCUT2D eigenvalue weighted by molar-refractivity contribution is -0.136. The molecular formula is C15H24N4O2. The Morgan fingerprint density at radius 3 is 2.67 bits per heavy atom. The van der Waals surface area contributed by atoms with Crippen LogP contribution in [0.2, 0.25) is 0 Å². The summed E-state index contributed by atoms with van der Waals surface area (Å²) < 4.78 is 1.72. The zero-order chi connectivity index (χ0) is 15.2. The number of amides is 2. The SMILES string of the molecule is CC(NC(=O)CCc1cnn(C)c1)C(=O)N1CCCCC1. The van der Waals surface area contributed by atoms with Crippen molar-refractivity contribution in [3.8, 4) is 0 Å². The number of piperidine rings is 1. The van der Waals surface area contributed by atoms with Crippen molar-refractivity contribution in [3.63, 3.8) is 0 Å². The summed E-state index contributed by atoms with van der Waals surface area (Å²) in [6.45, 7) is 3.39. The Morgan fingerprint density at radius 2 is 2.05 bits per heavy atom. The van der Waals surface area contributed by atoms with Crippen LogP contribution >= 0.6 is 0 Å². The fourth-order valence-corrected chi connectivity index (χ4v) is 2.62. The average molecular weight is 292 g/mol. The quantitative estimate of drug-likeness (QED) is 0.875. The van der Waals surface area contributed by atoms with Crippen molar-refractivity contribution in [1.82, 2.24) is 20.0 Å². The highest BCUT2D eigenvalue weighted by atomic mass is 16.2. The number of carbonyl (C=O) groups excluding carboxylic acids is 2. The molecule has 1 fully saturated rings. The van der Waals surface area contributed by atoms with Gasteiger partial charge in [-0.25, -0.2) is 0 Å². The molecule has 1 unspecified atom stereocenters. The third-order valence-electron chi connectivity index (χ3n) is 3.81. The standard InChI is InChI=1S/C15H24N4O2/c1-12(15(21)19-8-4-3-5-9-19)17-14(20)7-6-13-10-16-18(2)11-13/h10-12H,3-9H2,1-2H3,(H,17,20). The van der Waals surface area contributed by atoms with Gasteiger partial charge in [0.1, 0.15) is 6.04 Å². The van der Waals surface area contributed by atoms with Crippen molar-refractivity contribution in [1.29, 1.82) is 0 Å². The van der Waals surface area contributed by atoms with Gasteiger partial charge >= 0.3 is 0 Å². The maximum absolute atomic E-state index is 12.2. The topological polar surface area (TPSA) is 67.2 Å². The van der Waals surface area contributed by atoms with Crippen LogP contribution in [0.4, 0.5) is 0 Å². The minimum Gasteiger partial charge on any atom is -0.345 e. The molecular weight excluding hydrogens is 268 g/mol. The summed E-state index contributed by atoms with van der Waals surface area (Å²) in [5.41, 5.74) is 1.03. The van der Waals surface area contributed by atoms with E-state index in [1.54, 1.807) is 17.8 Å². The summed E-state index contributed by atoms with van der Waals surface area (Å²) in [6.07, 6.45) is 8.00. The molecule has 6 heteroatoms. The lowest BCUT2D eigenvalue weighted by atomic mass is 10.1. The van der Waals surface area contributed by atoms with E-state index in [1.165, 1.54) is 6.42 Å². The molecule has 0 saturated carbocycles. The highest BCUT2D eigenvalue weighted by molar-refractivity contribution is 5.87. The van der Waals surface area contributed by atoms with Crippen molar-refractivity contribution in [3.05, 3.63) is 18.0 Å². The molecule has 1 aromatic heterocycles. The van der Waals surface area contributed by atoms with E-state index < -0.39 is 6.04 Å². The van der Waals surface area contributed by atoms with Gasteiger partial charge in [0.2, 0.25) is 11.8 Å². The Bertz CT molecular complexity index is 492. The molecule has 0 radical (unpaired) electrons. The van der Waals surface area contributed by atoms with E-state index >= 15 is 0 Å². The first-order chi connectivity index (χ1) is 10.1. The van der Waals surface area contributed by atoms with Gasteiger partial charge in [0.05, 0.1) is 6.20 Å². The number of nitrogens with one attached hydrogen (secondary N) is 1. The van der Waals surface area contributed by atoms with Crippen molar-refractivity contribution in [2.24, 2.45) is 7.05 Å². The van der Waals surface area contributed by atoms with E-state index in [4.69, 9.17) is 0 Å². The molecule has 1 aliphatic heterocycles. The molecule has 2 heterocycles. The Morgan fingerprint density at radius 1 is 1.33 bits per heavy atom. The number of hydrogen-bond acceptors (Lipinski definition) is 3. The van der Waals surface area contributed by atoms with Gasteiger partial charge in [-0.15, -0.1) is 0 Å². The van der Waals surface area contributed by atoms with Gasteiger partial charge in [-0.05, 0) is 38.2 Å². The van der Waals surface area contributed by atoms with E-state index in [1.807, 2.05) is 18.1 Å². The number of nitrogens with zero attached hydrogens (tertiary/aromatic N) is 3. The lowest BCUT2D eigenvalue weighted by Gasteiger charge is -2.29. The molecule has 1 aromatic rings. The number of rotatable bonds is 5. The van der Waals surface area contributed by atoms with Crippen molar-refractivity contribution in [2.45, 2.75) is 45.1 Å². The van der Waals surface area contributed by atoms with Crippen LogP contribution in [0.15, 0.2) is 12.4 Å². The number of carbonyl (C=O) groups is 2. The van der Waals surface area contributed by atoms with Crippen LogP contribution < -0.4 is 5.32 Å². The number of aryl methyl sites for hydroxylation is 2. The fraction of sp³-hybridized carbons (Fsp3) is 0.667. The first-order valence-corrected chi connectivity index (χ1v) is 7.62. The molecule has 21 heavy (non-hydrogen) atoms. The third kappa shape index (κ3) is 4.58. The van der Waals surface area contributed by atoms with Crippen molar-refractivity contribution in [2.75, 3.05) is 13.1 Å². The monoisotopic (exact) mass is 292 g/mol. The van der Waals surface area contributed by atoms with Crippen LogP contribution in [0.5, 0.6) is 0 Å². The van der Waals surface area contributed by atoms with Gasteiger partial charge in [0.25, 0.3) is 0 Å². The predicted octanol–water partition coefficient (Wildman–Crippen LogP) is 0.870. The van der Waals surface area contributed by atoms with Gasteiger partial charge in [0, 0.05) is 32.8 Å². The number of hydrogen-bond donors (Lipinski definition) is 1. The molecule has 6 nitrogen and oxygen atoms in total. The summed E-state index contributed by atoms with van der Waals surface area (Å²) in [5.74, 6) is -0.0545. The summed E-state index contributed by atoms with van der Waals surface area (Å²) in [6, 6.07) is -0.440. The number of aromatic nitrogens is 2. The Hall–Kier alpha value is -1.85. The first-order valence-electron chi connectivity index (χ1n) is 7.62. The summed E-state index contributed by atoms with van der Waals surface area (Å²) >= 11 is 0. The van der Waals surface area contributed by atoms with E-state index in [0.717, 1.165) is 31.5 Å². The number of likely N-dealkylation sites (tertiary alicyclic amines) is 1. The van der Waals surface area contributed by atoms with Crippen LogP contribution in [-0.2, 0) is 23.1 Å². The Labute approximate surface area is 125 Å². The van der Waals surface area contributed by atoms with E-state index in [2.05, 4.69) is 10.4 Å². The zero-order valence-electron chi connectivity index (χ0n) is 12.8. The molecule has 0 bridgehead atoms. The van der Waals surface area contributed by atoms with Gasteiger partial charge in [0.15, 0.2) is 0 Å².